The summed E-state index contributed by atoms with van der Waals surface area (Å²) in [6.07, 6.45) is 6.52. The third-order valence-electron chi connectivity index (χ3n) is 5.06. The van der Waals surface area contributed by atoms with Gasteiger partial charge in [-0.2, -0.15) is 0 Å². The summed E-state index contributed by atoms with van der Waals surface area (Å²) in [5, 5.41) is 1.11. The Morgan fingerprint density at radius 2 is 2.00 bits per heavy atom. The summed E-state index contributed by atoms with van der Waals surface area (Å²) in [5.41, 5.74) is 3.71. The van der Waals surface area contributed by atoms with Crippen molar-refractivity contribution in [3.05, 3.63) is 39.2 Å². The number of rotatable bonds is 4. The minimum Gasteiger partial charge on any atom is -0.478 e. The van der Waals surface area contributed by atoms with Gasteiger partial charge in [-0.15, -0.1) is 0 Å². The Morgan fingerprint density at radius 3 is 2.87 bits per heavy atom. The molecule has 4 heteroatoms. The first-order chi connectivity index (χ1) is 11.3. The maximum Gasteiger partial charge on any atom is 0.339 e. The Kier molecular flexibility index (Phi) is 3.85. The van der Waals surface area contributed by atoms with Crippen molar-refractivity contribution < 1.29 is 9.15 Å². The first-order valence-electron chi connectivity index (χ1n) is 8.73. The standard InChI is InChI=1S/C19H23NO3/c1-2-3-4-10-20-11-16-17(22-12-20)9-8-14-13-6-5-7-15(13)19(21)23-18(14)16/h8-9H,2-7,10-12H2,1H3. The molecule has 1 aliphatic carbocycles. The molecule has 0 amide bonds. The largest absolute Gasteiger partial charge is 0.478 e. The molecule has 0 saturated carbocycles. The first kappa shape index (κ1) is 14.8. The molecule has 0 saturated heterocycles. The lowest BCUT2D eigenvalue weighted by atomic mass is 10.0. The van der Waals surface area contributed by atoms with Gasteiger partial charge >= 0.3 is 5.63 Å². The Hall–Kier alpha value is -1.81. The predicted octanol–water partition coefficient (Wildman–Crippen LogP) is 3.62. The van der Waals surface area contributed by atoms with E-state index >= 15 is 0 Å². The van der Waals surface area contributed by atoms with E-state index < -0.39 is 0 Å². The van der Waals surface area contributed by atoms with Crippen LogP contribution in [0.25, 0.3) is 11.0 Å². The van der Waals surface area contributed by atoms with Crippen molar-refractivity contribution in [1.29, 1.82) is 0 Å². The second-order valence-electron chi connectivity index (χ2n) is 6.65. The Balaban J connectivity index is 1.74. The summed E-state index contributed by atoms with van der Waals surface area (Å²) in [5.74, 6) is 0.866. The van der Waals surface area contributed by atoms with Crippen molar-refractivity contribution in [3.63, 3.8) is 0 Å². The van der Waals surface area contributed by atoms with Gasteiger partial charge in [-0.25, -0.2) is 4.79 Å². The van der Waals surface area contributed by atoms with E-state index in [4.69, 9.17) is 9.15 Å². The van der Waals surface area contributed by atoms with Gasteiger partial charge in [0, 0.05) is 24.0 Å². The van der Waals surface area contributed by atoms with Crippen molar-refractivity contribution in [2.45, 2.75) is 52.0 Å². The fraction of sp³-hybridized carbons (Fsp3) is 0.526. The molecule has 0 spiro atoms. The van der Waals surface area contributed by atoms with Gasteiger partial charge < -0.3 is 9.15 Å². The third kappa shape index (κ3) is 2.55. The molecule has 4 nitrogen and oxygen atoms in total. The molecule has 23 heavy (non-hydrogen) atoms. The number of hydrogen-bond acceptors (Lipinski definition) is 4. The van der Waals surface area contributed by atoms with Crippen LogP contribution in [0.1, 0.15) is 49.3 Å². The average Bonchev–Trinajstić information content (AvgIpc) is 3.06. The van der Waals surface area contributed by atoms with E-state index in [0.717, 1.165) is 60.2 Å². The van der Waals surface area contributed by atoms with Crippen molar-refractivity contribution in [3.8, 4) is 5.75 Å². The summed E-state index contributed by atoms with van der Waals surface area (Å²) in [6, 6.07) is 4.10. The van der Waals surface area contributed by atoms with Crippen LogP contribution in [0.3, 0.4) is 0 Å². The SMILES string of the molecule is CCCCCN1COc2ccc3c4c(c(=O)oc3c2C1)CCC4. The number of benzene rings is 1. The predicted molar refractivity (Wildman–Crippen MR) is 89.9 cm³/mol. The number of unbranched alkanes of at least 4 members (excludes halogenated alkanes) is 2. The highest BCUT2D eigenvalue weighted by Gasteiger charge is 2.25. The zero-order chi connectivity index (χ0) is 15.8. The summed E-state index contributed by atoms with van der Waals surface area (Å²) < 4.78 is 11.6. The molecule has 0 atom stereocenters. The zero-order valence-electron chi connectivity index (χ0n) is 13.7. The minimum atomic E-state index is -0.151. The van der Waals surface area contributed by atoms with E-state index in [2.05, 4.69) is 17.9 Å². The van der Waals surface area contributed by atoms with Gasteiger partial charge in [0.15, 0.2) is 0 Å². The normalized spacial score (nSPS) is 17.1. The molecule has 0 fully saturated rings. The van der Waals surface area contributed by atoms with Crippen LogP contribution in [0.15, 0.2) is 21.3 Å². The van der Waals surface area contributed by atoms with Crippen molar-refractivity contribution in [2.24, 2.45) is 0 Å². The Labute approximate surface area is 136 Å². The molecule has 0 bridgehead atoms. The Morgan fingerprint density at radius 1 is 1.13 bits per heavy atom. The van der Waals surface area contributed by atoms with Crippen LogP contribution in [-0.2, 0) is 19.4 Å². The average molecular weight is 313 g/mol. The molecular formula is C19H23NO3. The maximum atomic E-state index is 12.3. The first-order valence-corrected chi connectivity index (χ1v) is 8.73. The summed E-state index contributed by atoms with van der Waals surface area (Å²) in [7, 11) is 0. The minimum absolute atomic E-state index is 0.151. The van der Waals surface area contributed by atoms with Gasteiger partial charge in [-0.3, -0.25) is 4.90 Å². The zero-order valence-corrected chi connectivity index (χ0v) is 13.7. The van der Waals surface area contributed by atoms with Crippen molar-refractivity contribution in [1.82, 2.24) is 4.90 Å². The van der Waals surface area contributed by atoms with Gasteiger partial charge in [0.1, 0.15) is 18.1 Å². The molecule has 1 aromatic carbocycles. The number of nitrogens with zero attached hydrogens (tertiary/aromatic N) is 1. The van der Waals surface area contributed by atoms with E-state index in [1.807, 2.05) is 6.07 Å². The quantitative estimate of drug-likeness (QED) is 0.638. The number of aryl methyl sites for hydroxylation is 1. The second kappa shape index (κ2) is 6.00. The molecule has 2 aliphatic rings. The molecule has 122 valence electrons. The van der Waals surface area contributed by atoms with Crippen molar-refractivity contribution >= 4 is 11.0 Å². The third-order valence-corrected chi connectivity index (χ3v) is 5.06. The van der Waals surface area contributed by atoms with Gasteiger partial charge in [-0.05, 0) is 43.4 Å². The topological polar surface area (TPSA) is 42.7 Å². The van der Waals surface area contributed by atoms with E-state index in [1.165, 1.54) is 24.8 Å². The molecule has 4 rings (SSSR count). The summed E-state index contributed by atoms with van der Waals surface area (Å²) >= 11 is 0. The van der Waals surface area contributed by atoms with E-state index in [0.29, 0.717) is 6.73 Å². The fourth-order valence-electron chi connectivity index (χ4n) is 3.83. The van der Waals surface area contributed by atoms with Crippen LogP contribution in [0, 0.1) is 0 Å². The van der Waals surface area contributed by atoms with Crippen LogP contribution in [0.2, 0.25) is 0 Å². The van der Waals surface area contributed by atoms with E-state index in [-0.39, 0.29) is 5.63 Å². The monoisotopic (exact) mass is 313 g/mol. The molecule has 2 aromatic rings. The number of ether oxygens (including phenoxy) is 1. The number of fused-ring (bicyclic) bond motifs is 5. The van der Waals surface area contributed by atoms with Crippen LogP contribution in [0.5, 0.6) is 5.75 Å². The lowest BCUT2D eigenvalue weighted by molar-refractivity contribution is 0.0939. The van der Waals surface area contributed by atoms with E-state index in [1.54, 1.807) is 0 Å². The summed E-state index contributed by atoms with van der Waals surface area (Å²) in [6.45, 7) is 4.67. The maximum absolute atomic E-state index is 12.3. The van der Waals surface area contributed by atoms with Crippen LogP contribution < -0.4 is 10.4 Å². The highest BCUT2D eigenvalue weighted by atomic mass is 16.5. The highest BCUT2D eigenvalue weighted by Crippen LogP contribution is 2.35. The van der Waals surface area contributed by atoms with Crippen LogP contribution in [0.4, 0.5) is 0 Å². The Bertz CT molecular complexity index is 793. The van der Waals surface area contributed by atoms with E-state index in [9.17, 15) is 4.79 Å². The molecule has 0 N–H and O–H groups in total. The van der Waals surface area contributed by atoms with Crippen molar-refractivity contribution in [2.75, 3.05) is 13.3 Å². The molecule has 0 unspecified atom stereocenters. The van der Waals surface area contributed by atoms with Crippen LogP contribution in [-0.4, -0.2) is 18.2 Å². The lowest BCUT2D eigenvalue weighted by Crippen LogP contribution is -2.33. The van der Waals surface area contributed by atoms with Gasteiger partial charge in [0.25, 0.3) is 0 Å². The molecular weight excluding hydrogens is 290 g/mol. The molecule has 0 radical (unpaired) electrons. The van der Waals surface area contributed by atoms with Gasteiger partial charge in [0.05, 0.1) is 5.56 Å². The van der Waals surface area contributed by atoms with Gasteiger partial charge in [-0.1, -0.05) is 19.8 Å². The second-order valence-corrected chi connectivity index (χ2v) is 6.65. The molecule has 1 aliphatic heterocycles. The smallest absolute Gasteiger partial charge is 0.339 e. The highest BCUT2D eigenvalue weighted by molar-refractivity contribution is 5.86. The van der Waals surface area contributed by atoms with Crippen LogP contribution >= 0.6 is 0 Å². The summed E-state index contributed by atoms with van der Waals surface area (Å²) in [4.78, 5) is 14.6. The van der Waals surface area contributed by atoms with Gasteiger partial charge in [0.2, 0.25) is 0 Å². The number of hydrogen-bond donors (Lipinski definition) is 0. The lowest BCUT2D eigenvalue weighted by Gasteiger charge is -2.29. The molecule has 1 aromatic heterocycles. The fourth-order valence-corrected chi connectivity index (χ4v) is 3.83. The molecule has 2 heterocycles.